The predicted octanol–water partition coefficient (Wildman–Crippen LogP) is 3.89. The standard InChI is InChI=1S/C15H32O3/c1-3-11-15(16)12-9-7-5-4-6-8-10-13-18-14-17-2/h15-16H,3-14H2,1-2H3/t15-/m1/s1. The van der Waals surface area contributed by atoms with E-state index in [1.807, 2.05) is 0 Å². The first-order chi connectivity index (χ1) is 8.81. The van der Waals surface area contributed by atoms with Crippen molar-refractivity contribution in [2.24, 2.45) is 0 Å². The molecule has 0 fully saturated rings. The van der Waals surface area contributed by atoms with E-state index < -0.39 is 0 Å². The molecule has 110 valence electrons. The van der Waals surface area contributed by atoms with Crippen molar-refractivity contribution in [1.29, 1.82) is 0 Å². The molecule has 0 saturated carbocycles. The molecule has 0 aromatic rings. The van der Waals surface area contributed by atoms with Crippen molar-refractivity contribution in [2.45, 2.75) is 77.2 Å². The topological polar surface area (TPSA) is 38.7 Å². The number of aliphatic hydroxyl groups is 1. The number of methoxy groups -OCH3 is 1. The van der Waals surface area contributed by atoms with Crippen LogP contribution in [0, 0.1) is 0 Å². The Labute approximate surface area is 113 Å². The molecule has 0 aliphatic carbocycles. The first-order valence-electron chi connectivity index (χ1n) is 7.56. The maximum absolute atomic E-state index is 9.57. The Kier molecular flexibility index (Phi) is 14.8. The summed E-state index contributed by atoms with van der Waals surface area (Å²) in [6.07, 6.45) is 11.7. The highest BCUT2D eigenvalue weighted by Crippen LogP contribution is 2.11. The Hall–Kier alpha value is -0.120. The maximum Gasteiger partial charge on any atom is 0.146 e. The number of hydrogen-bond acceptors (Lipinski definition) is 3. The molecule has 0 aromatic heterocycles. The zero-order valence-electron chi connectivity index (χ0n) is 12.3. The van der Waals surface area contributed by atoms with Gasteiger partial charge in [0.2, 0.25) is 0 Å². The monoisotopic (exact) mass is 260 g/mol. The zero-order chi connectivity index (χ0) is 13.5. The van der Waals surface area contributed by atoms with Gasteiger partial charge in [-0.2, -0.15) is 0 Å². The van der Waals surface area contributed by atoms with E-state index in [1.165, 1.54) is 38.5 Å². The Morgan fingerprint density at radius 1 is 0.889 bits per heavy atom. The van der Waals surface area contributed by atoms with Gasteiger partial charge in [-0.1, -0.05) is 51.9 Å². The van der Waals surface area contributed by atoms with Crippen LogP contribution in [0.3, 0.4) is 0 Å². The molecule has 18 heavy (non-hydrogen) atoms. The quantitative estimate of drug-likeness (QED) is 0.380. The van der Waals surface area contributed by atoms with E-state index in [4.69, 9.17) is 9.47 Å². The molecule has 0 heterocycles. The van der Waals surface area contributed by atoms with E-state index in [0.717, 1.165) is 32.3 Å². The van der Waals surface area contributed by atoms with Gasteiger partial charge in [0.05, 0.1) is 6.10 Å². The van der Waals surface area contributed by atoms with Gasteiger partial charge in [0.1, 0.15) is 6.79 Å². The molecule has 0 aromatic carbocycles. The maximum atomic E-state index is 9.57. The third-order valence-corrected chi connectivity index (χ3v) is 3.15. The highest BCUT2D eigenvalue weighted by Gasteiger charge is 2.01. The highest BCUT2D eigenvalue weighted by atomic mass is 16.7. The SMILES string of the molecule is CCC[C@@H](O)CCCCCCCCCOCOC. The Morgan fingerprint density at radius 3 is 2.11 bits per heavy atom. The molecular weight excluding hydrogens is 228 g/mol. The number of unbranched alkanes of at least 4 members (excludes halogenated alkanes) is 6. The molecule has 0 saturated heterocycles. The number of aliphatic hydroxyl groups excluding tert-OH is 1. The zero-order valence-corrected chi connectivity index (χ0v) is 12.3. The summed E-state index contributed by atoms with van der Waals surface area (Å²) in [5.74, 6) is 0. The number of ether oxygens (including phenoxy) is 2. The summed E-state index contributed by atoms with van der Waals surface area (Å²) in [5.41, 5.74) is 0. The summed E-state index contributed by atoms with van der Waals surface area (Å²) < 4.78 is 10.0. The molecule has 3 heteroatoms. The molecule has 0 radical (unpaired) electrons. The smallest absolute Gasteiger partial charge is 0.146 e. The molecular formula is C15H32O3. The van der Waals surface area contributed by atoms with Gasteiger partial charge in [-0.15, -0.1) is 0 Å². The van der Waals surface area contributed by atoms with Crippen LogP contribution in [0.5, 0.6) is 0 Å². The largest absolute Gasteiger partial charge is 0.393 e. The van der Waals surface area contributed by atoms with E-state index >= 15 is 0 Å². The normalized spacial score (nSPS) is 12.8. The van der Waals surface area contributed by atoms with Gasteiger partial charge in [-0.25, -0.2) is 0 Å². The van der Waals surface area contributed by atoms with E-state index in [2.05, 4.69) is 6.92 Å². The van der Waals surface area contributed by atoms with Gasteiger partial charge in [0, 0.05) is 13.7 Å². The molecule has 0 unspecified atom stereocenters. The van der Waals surface area contributed by atoms with E-state index in [0.29, 0.717) is 6.79 Å². The van der Waals surface area contributed by atoms with Crippen LogP contribution in [0.25, 0.3) is 0 Å². The van der Waals surface area contributed by atoms with Gasteiger partial charge in [-0.05, 0) is 19.3 Å². The average Bonchev–Trinajstić information content (AvgIpc) is 2.36. The third kappa shape index (κ3) is 13.9. The second-order valence-corrected chi connectivity index (χ2v) is 5.02. The van der Waals surface area contributed by atoms with Crippen LogP contribution in [0.1, 0.15) is 71.1 Å². The Balaban J connectivity index is 2.98. The van der Waals surface area contributed by atoms with Crippen molar-refractivity contribution in [3.8, 4) is 0 Å². The summed E-state index contributed by atoms with van der Waals surface area (Å²) in [4.78, 5) is 0. The van der Waals surface area contributed by atoms with Crippen LogP contribution < -0.4 is 0 Å². The predicted molar refractivity (Wildman–Crippen MR) is 75.7 cm³/mol. The van der Waals surface area contributed by atoms with Crippen LogP contribution in [0.15, 0.2) is 0 Å². The second kappa shape index (κ2) is 14.9. The van der Waals surface area contributed by atoms with Gasteiger partial charge in [0.25, 0.3) is 0 Å². The second-order valence-electron chi connectivity index (χ2n) is 5.02. The molecule has 1 atom stereocenters. The van der Waals surface area contributed by atoms with Crippen LogP contribution in [0.2, 0.25) is 0 Å². The van der Waals surface area contributed by atoms with E-state index in [1.54, 1.807) is 7.11 Å². The van der Waals surface area contributed by atoms with Crippen molar-refractivity contribution in [3.63, 3.8) is 0 Å². The van der Waals surface area contributed by atoms with E-state index in [-0.39, 0.29) is 6.10 Å². The van der Waals surface area contributed by atoms with Gasteiger partial charge < -0.3 is 14.6 Å². The highest BCUT2D eigenvalue weighted by molar-refractivity contribution is 4.55. The van der Waals surface area contributed by atoms with Gasteiger partial charge in [-0.3, -0.25) is 0 Å². The van der Waals surface area contributed by atoms with Crippen molar-refractivity contribution < 1.29 is 14.6 Å². The first-order valence-corrected chi connectivity index (χ1v) is 7.56. The Bertz CT molecular complexity index is 151. The molecule has 0 rings (SSSR count). The fourth-order valence-electron chi connectivity index (χ4n) is 2.09. The molecule has 1 N–H and O–H groups in total. The van der Waals surface area contributed by atoms with Gasteiger partial charge in [0.15, 0.2) is 0 Å². The lowest BCUT2D eigenvalue weighted by atomic mass is 10.0. The summed E-state index contributed by atoms with van der Waals surface area (Å²) in [6.45, 7) is 3.36. The third-order valence-electron chi connectivity index (χ3n) is 3.15. The van der Waals surface area contributed by atoms with Crippen LogP contribution >= 0.6 is 0 Å². The fourth-order valence-corrected chi connectivity index (χ4v) is 2.09. The lowest BCUT2D eigenvalue weighted by Gasteiger charge is -2.08. The summed E-state index contributed by atoms with van der Waals surface area (Å²) in [7, 11) is 1.65. The fraction of sp³-hybridized carbons (Fsp3) is 1.00. The average molecular weight is 260 g/mol. The summed E-state index contributed by atoms with van der Waals surface area (Å²) >= 11 is 0. The minimum atomic E-state index is -0.0621. The molecule has 0 spiro atoms. The molecule has 0 aliphatic rings. The van der Waals surface area contributed by atoms with Gasteiger partial charge >= 0.3 is 0 Å². The number of hydrogen-bond donors (Lipinski definition) is 1. The minimum Gasteiger partial charge on any atom is -0.393 e. The molecule has 0 aliphatic heterocycles. The van der Waals surface area contributed by atoms with Crippen molar-refractivity contribution in [3.05, 3.63) is 0 Å². The molecule has 3 nitrogen and oxygen atoms in total. The van der Waals surface area contributed by atoms with Crippen LogP contribution in [-0.2, 0) is 9.47 Å². The summed E-state index contributed by atoms with van der Waals surface area (Å²) in [6, 6.07) is 0. The van der Waals surface area contributed by atoms with Crippen molar-refractivity contribution in [2.75, 3.05) is 20.5 Å². The lowest BCUT2D eigenvalue weighted by molar-refractivity contribution is -0.0315. The first kappa shape index (κ1) is 17.9. The van der Waals surface area contributed by atoms with Crippen LogP contribution in [0.4, 0.5) is 0 Å². The summed E-state index contributed by atoms with van der Waals surface area (Å²) in [5, 5.41) is 9.57. The van der Waals surface area contributed by atoms with Crippen LogP contribution in [-0.4, -0.2) is 31.7 Å². The molecule has 0 bridgehead atoms. The minimum absolute atomic E-state index is 0.0621. The lowest BCUT2D eigenvalue weighted by Crippen LogP contribution is -2.04. The van der Waals surface area contributed by atoms with Crippen molar-refractivity contribution >= 4 is 0 Å². The van der Waals surface area contributed by atoms with E-state index in [9.17, 15) is 5.11 Å². The molecule has 0 amide bonds. The Morgan fingerprint density at radius 2 is 1.50 bits per heavy atom. The van der Waals surface area contributed by atoms with Crippen molar-refractivity contribution in [1.82, 2.24) is 0 Å². The number of rotatable bonds is 14.